The molecule has 112 valence electrons. The van der Waals surface area contributed by atoms with Gasteiger partial charge in [-0.05, 0) is 56.4 Å². The van der Waals surface area contributed by atoms with Gasteiger partial charge in [0.1, 0.15) is 5.78 Å². The zero-order valence-corrected chi connectivity index (χ0v) is 13.7. The average Bonchev–Trinajstić information content (AvgIpc) is 2.66. The van der Waals surface area contributed by atoms with Crippen molar-refractivity contribution in [3.8, 4) is 0 Å². The molecule has 21 heavy (non-hydrogen) atoms. The lowest BCUT2D eigenvalue weighted by atomic mass is 9.99. The minimum Gasteiger partial charge on any atom is -0.299 e. The standard InChI is InChI=1S/C18H24N2O/c1-12-6-7-16(10-13(12)2)11-17(21)8-9-18-14(3)19-20(5)15(18)4/h6-7,10H,8-9,11H2,1-5H3. The molecule has 0 aliphatic heterocycles. The Kier molecular flexibility index (Phi) is 4.61. The van der Waals surface area contributed by atoms with Gasteiger partial charge in [-0.3, -0.25) is 9.48 Å². The van der Waals surface area contributed by atoms with E-state index in [1.54, 1.807) is 0 Å². The molecule has 2 aromatic rings. The van der Waals surface area contributed by atoms with E-state index in [4.69, 9.17) is 0 Å². The number of rotatable bonds is 5. The van der Waals surface area contributed by atoms with Crippen LogP contribution in [0.15, 0.2) is 18.2 Å². The first-order chi connectivity index (χ1) is 9.88. The maximum atomic E-state index is 12.2. The molecule has 0 saturated carbocycles. The molecule has 3 nitrogen and oxygen atoms in total. The van der Waals surface area contributed by atoms with E-state index in [9.17, 15) is 4.79 Å². The fraction of sp³-hybridized carbons (Fsp3) is 0.444. The van der Waals surface area contributed by atoms with Crippen molar-refractivity contribution >= 4 is 5.78 Å². The first-order valence-corrected chi connectivity index (χ1v) is 7.45. The van der Waals surface area contributed by atoms with Gasteiger partial charge in [0.15, 0.2) is 0 Å². The fourth-order valence-electron chi connectivity index (χ4n) is 2.67. The van der Waals surface area contributed by atoms with Crippen LogP contribution in [0.3, 0.4) is 0 Å². The summed E-state index contributed by atoms with van der Waals surface area (Å²) in [5, 5.41) is 4.40. The Balaban J connectivity index is 1.97. The molecule has 1 aromatic heterocycles. The molecule has 0 aliphatic carbocycles. The number of carbonyl (C=O) groups excluding carboxylic acids is 1. The van der Waals surface area contributed by atoms with Crippen LogP contribution in [0.5, 0.6) is 0 Å². The molecule has 1 aromatic carbocycles. The summed E-state index contributed by atoms with van der Waals surface area (Å²) in [4.78, 5) is 12.2. The summed E-state index contributed by atoms with van der Waals surface area (Å²) in [6, 6.07) is 6.27. The molecule has 0 aliphatic rings. The van der Waals surface area contributed by atoms with Gasteiger partial charge in [0, 0.05) is 25.6 Å². The number of hydrogen-bond acceptors (Lipinski definition) is 2. The molecule has 0 spiro atoms. The molecule has 3 heteroatoms. The third-order valence-corrected chi connectivity index (χ3v) is 4.29. The number of carbonyl (C=O) groups is 1. The van der Waals surface area contributed by atoms with Crippen LogP contribution in [0.2, 0.25) is 0 Å². The van der Waals surface area contributed by atoms with Gasteiger partial charge in [-0.25, -0.2) is 0 Å². The van der Waals surface area contributed by atoms with E-state index in [1.807, 2.05) is 18.7 Å². The van der Waals surface area contributed by atoms with Gasteiger partial charge in [-0.15, -0.1) is 0 Å². The fourth-order valence-corrected chi connectivity index (χ4v) is 2.67. The normalized spacial score (nSPS) is 10.9. The summed E-state index contributed by atoms with van der Waals surface area (Å²) in [6.45, 7) is 8.25. The Labute approximate surface area is 127 Å². The lowest BCUT2D eigenvalue weighted by Gasteiger charge is -2.05. The maximum absolute atomic E-state index is 12.2. The van der Waals surface area contributed by atoms with Crippen molar-refractivity contribution in [3.63, 3.8) is 0 Å². The summed E-state index contributed by atoms with van der Waals surface area (Å²) < 4.78 is 1.89. The number of hydrogen-bond donors (Lipinski definition) is 0. The highest BCUT2D eigenvalue weighted by atomic mass is 16.1. The third kappa shape index (κ3) is 3.60. The second-order valence-corrected chi connectivity index (χ2v) is 5.91. The molecule has 1 heterocycles. The third-order valence-electron chi connectivity index (χ3n) is 4.29. The molecular weight excluding hydrogens is 260 g/mol. The monoisotopic (exact) mass is 284 g/mol. The van der Waals surface area contributed by atoms with Crippen LogP contribution in [0.25, 0.3) is 0 Å². The summed E-state index contributed by atoms with van der Waals surface area (Å²) in [5.74, 6) is 0.293. The smallest absolute Gasteiger partial charge is 0.137 e. The Hall–Kier alpha value is -1.90. The van der Waals surface area contributed by atoms with Crippen molar-refractivity contribution in [1.82, 2.24) is 9.78 Å². The molecule has 0 amide bonds. The zero-order chi connectivity index (χ0) is 15.6. The second-order valence-electron chi connectivity index (χ2n) is 5.91. The highest BCUT2D eigenvalue weighted by Crippen LogP contribution is 2.16. The summed E-state index contributed by atoms with van der Waals surface area (Å²) in [7, 11) is 1.95. The number of Topliss-reactive ketones (excluding diaryl/α,β-unsaturated/α-hetero) is 1. The van der Waals surface area contributed by atoms with Gasteiger partial charge in [-0.1, -0.05) is 18.2 Å². The quantitative estimate of drug-likeness (QED) is 0.843. The van der Waals surface area contributed by atoms with Gasteiger partial charge in [0.2, 0.25) is 0 Å². The van der Waals surface area contributed by atoms with Crippen LogP contribution in [0.4, 0.5) is 0 Å². The predicted molar refractivity (Wildman–Crippen MR) is 85.6 cm³/mol. The molecule has 2 rings (SSSR count). The number of nitrogens with zero attached hydrogens (tertiary/aromatic N) is 2. The van der Waals surface area contributed by atoms with E-state index >= 15 is 0 Å². The Morgan fingerprint density at radius 3 is 2.43 bits per heavy atom. The Morgan fingerprint density at radius 2 is 1.86 bits per heavy atom. The highest BCUT2D eigenvalue weighted by molar-refractivity contribution is 5.81. The number of aromatic nitrogens is 2. The van der Waals surface area contributed by atoms with E-state index in [1.165, 1.54) is 16.7 Å². The second kappa shape index (κ2) is 6.25. The minimum absolute atomic E-state index is 0.293. The molecule has 0 saturated heterocycles. The van der Waals surface area contributed by atoms with Crippen molar-refractivity contribution in [2.45, 2.75) is 47.0 Å². The van der Waals surface area contributed by atoms with Crippen LogP contribution in [-0.4, -0.2) is 15.6 Å². The topological polar surface area (TPSA) is 34.9 Å². The minimum atomic E-state index is 0.293. The predicted octanol–water partition coefficient (Wildman–Crippen LogP) is 3.40. The summed E-state index contributed by atoms with van der Waals surface area (Å²) >= 11 is 0. The lowest BCUT2D eigenvalue weighted by Crippen LogP contribution is -2.05. The Morgan fingerprint density at radius 1 is 1.14 bits per heavy atom. The average molecular weight is 284 g/mol. The van der Waals surface area contributed by atoms with Crippen LogP contribution in [0, 0.1) is 27.7 Å². The Bertz CT molecular complexity index is 668. The van der Waals surface area contributed by atoms with E-state index in [0.717, 1.165) is 23.4 Å². The molecule has 0 bridgehead atoms. The molecular formula is C18H24N2O. The number of aryl methyl sites for hydroxylation is 4. The molecule has 0 N–H and O–H groups in total. The van der Waals surface area contributed by atoms with Gasteiger partial charge >= 0.3 is 0 Å². The van der Waals surface area contributed by atoms with Crippen LogP contribution < -0.4 is 0 Å². The van der Waals surface area contributed by atoms with E-state index in [2.05, 4.69) is 44.1 Å². The molecule has 0 radical (unpaired) electrons. The largest absolute Gasteiger partial charge is 0.299 e. The molecule has 0 atom stereocenters. The van der Waals surface area contributed by atoms with E-state index < -0.39 is 0 Å². The van der Waals surface area contributed by atoms with Crippen molar-refractivity contribution in [3.05, 3.63) is 51.8 Å². The molecule has 0 unspecified atom stereocenters. The van der Waals surface area contributed by atoms with Gasteiger partial charge in [0.25, 0.3) is 0 Å². The maximum Gasteiger partial charge on any atom is 0.137 e. The van der Waals surface area contributed by atoms with Crippen molar-refractivity contribution in [1.29, 1.82) is 0 Å². The van der Waals surface area contributed by atoms with Crippen LogP contribution >= 0.6 is 0 Å². The lowest BCUT2D eigenvalue weighted by molar-refractivity contribution is -0.118. The van der Waals surface area contributed by atoms with Gasteiger partial charge in [-0.2, -0.15) is 5.10 Å². The van der Waals surface area contributed by atoms with Crippen molar-refractivity contribution < 1.29 is 4.79 Å². The number of ketones is 1. The highest BCUT2D eigenvalue weighted by Gasteiger charge is 2.12. The van der Waals surface area contributed by atoms with Crippen molar-refractivity contribution in [2.24, 2.45) is 7.05 Å². The summed E-state index contributed by atoms with van der Waals surface area (Å²) in [6.07, 6.45) is 1.90. The molecule has 0 fully saturated rings. The first kappa shape index (κ1) is 15.5. The first-order valence-electron chi connectivity index (χ1n) is 7.45. The zero-order valence-electron chi connectivity index (χ0n) is 13.7. The van der Waals surface area contributed by atoms with Gasteiger partial charge < -0.3 is 0 Å². The summed E-state index contributed by atoms with van der Waals surface area (Å²) in [5.41, 5.74) is 7.04. The van der Waals surface area contributed by atoms with Gasteiger partial charge in [0.05, 0.1) is 5.69 Å². The van der Waals surface area contributed by atoms with E-state index in [0.29, 0.717) is 18.6 Å². The van der Waals surface area contributed by atoms with E-state index in [-0.39, 0.29) is 0 Å². The van der Waals surface area contributed by atoms with Crippen LogP contribution in [0.1, 0.15) is 40.1 Å². The van der Waals surface area contributed by atoms with Crippen LogP contribution in [-0.2, 0) is 24.7 Å². The SMILES string of the molecule is Cc1ccc(CC(=O)CCc2c(C)nn(C)c2C)cc1C. The van der Waals surface area contributed by atoms with Crippen molar-refractivity contribution in [2.75, 3.05) is 0 Å². The number of benzene rings is 1.